The molecule has 1 amide bonds. The van der Waals surface area contributed by atoms with Crippen LogP contribution in [0.3, 0.4) is 0 Å². The van der Waals surface area contributed by atoms with Crippen LogP contribution in [0, 0.1) is 17.0 Å². The summed E-state index contributed by atoms with van der Waals surface area (Å²) in [5.41, 5.74) is -0.398. The first-order valence-corrected chi connectivity index (χ1v) is 13.3. The predicted molar refractivity (Wildman–Crippen MR) is 141 cm³/mol. The molecular weight excluding hydrogens is 526 g/mol. The van der Waals surface area contributed by atoms with Gasteiger partial charge in [0.1, 0.15) is 16.4 Å². The average Bonchev–Trinajstić information content (AvgIpc) is 3.50. The Kier molecular flexibility index (Phi) is 7.56. The second-order valence-electron chi connectivity index (χ2n) is 9.63. The number of carbonyl (C=O) groups is 1. The van der Waals surface area contributed by atoms with Gasteiger partial charge in [-0.05, 0) is 58.0 Å². The van der Waals surface area contributed by atoms with Gasteiger partial charge in [0.05, 0.1) is 23.4 Å². The Morgan fingerprint density at radius 1 is 1.13 bits per heavy atom. The number of rotatable bonds is 9. The van der Waals surface area contributed by atoms with Gasteiger partial charge in [0.25, 0.3) is 11.6 Å². The fraction of sp³-hybridized carbons (Fsp3) is 0.231. The van der Waals surface area contributed by atoms with Crippen molar-refractivity contribution in [3.05, 3.63) is 94.1 Å². The van der Waals surface area contributed by atoms with Gasteiger partial charge in [-0.1, -0.05) is 18.2 Å². The summed E-state index contributed by atoms with van der Waals surface area (Å²) < 4.78 is 41.8. The van der Waals surface area contributed by atoms with Gasteiger partial charge in [-0.15, -0.1) is 0 Å². The Labute approximate surface area is 224 Å². The summed E-state index contributed by atoms with van der Waals surface area (Å²) in [6, 6.07) is 15.5. The maximum absolute atomic E-state index is 13.3. The van der Waals surface area contributed by atoms with Crippen molar-refractivity contribution in [2.24, 2.45) is 0 Å². The van der Waals surface area contributed by atoms with Gasteiger partial charge in [0.2, 0.25) is 15.9 Å². The summed E-state index contributed by atoms with van der Waals surface area (Å²) in [7, 11) is -4.26. The number of aromatic nitrogens is 2. The van der Waals surface area contributed by atoms with E-state index in [9.17, 15) is 23.3 Å². The lowest BCUT2D eigenvalue weighted by Gasteiger charge is -2.21. The number of nitro groups is 1. The van der Waals surface area contributed by atoms with E-state index >= 15 is 0 Å². The first-order valence-electron chi connectivity index (χ1n) is 11.8. The zero-order valence-electron chi connectivity index (χ0n) is 21.7. The lowest BCUT2D eigenvalue weighted by Crippen LogP contribution is -2.40. The van der Waals surface area contributed by atoms with Crippen molar-refractivity contribution in [2.75, 3.05) is 0 Å². The summed E-state index contributed by atoms with van der Waals surface area (Å²) in [5.74, 6) is -0.0769. The SMILES string of the molecule is Cc1c(C(=O)NCc2ccco2)nn(-c2ccccc2)c1Oc1ccc([N+](=O)[O-])cc1S(=O)(=O)NC(C)(C)C. The molecule has 0 saturated heterocycles. The standard InChI is InChI=1S/C26H27N5O7S/c1-17-23(24(32)27-16-20-11-8-14-37-20)28-30(18-9-6-5-7-10-18)25(17)38-21-13-12-19(31(33)34)15-22(21)39(35,36)29-26(2,3)4/h5-15,29H,16H2,1-4H3,(H,27,32). The van der Waals surface area contributed by atoms with Crippen LogP contribution in [0.4, 0.5) is 5.69 Å². The van der Waals surface area contributed by atoms with Crippen LogP contribution in [-0.2, 0) is 16.6 Å². The van der Waals surface area contributed by atoms with Crippen molar-refractivity contribution < 1.29 is 27.3 Å². The smallest absolute Gasteiger partial charge is 0.272 e. The minimum absolute atomic E-state index is 0.0412. The number of non-ortho nitro benzene ring substituents is 1. The molecule has 2 aromatic carbocycles. The number of hydrogen-bond acceptors (Lipinski definition) is 8. The van der Waals surface area contributed by atoms with E-state index in [0.29, 0.717) is 17.0 Å². The van der Waals surface area contributed by atoms with E-state index < -0.39 is 37.0 Å². The Balaban J connectivity index is 1.80. The van der Waals surface area contributed by atoms with E-state index in [2.05, 4.69) is 15.1 Å². The largest absolute Gasteiger partial charge is 0.467 e. The molecule has 0 aliphatic rings. The topological polar surface area (TPSA) is 159 Å². The van der Waals surface area contributed by atoms with Gasteiger partial charge in [0, 0.05) is 23.2 Å². The second kappa shape index (κ2) is 10.7. The third kappa shape index (κ3) is 6.33. The van der Waals surface area contributed by atoms with Crippen molar-refractivity contribution in [1.29, 1.82) is 0 Å². The van der Waals surface area contributed by atoms with Crippen LogP contribution in [0.1, 0.15) is 42.6 Å². The molecule has 2 N–H and O–H groups in total. The van der Waals surface area contributed by atoms with Crippen LogP contribution in [0.25, 0.3) is 5.69 Å². The Hall–Kier alpha value is -4.49. The molecule has 13 heteroatoms. The van der Waals surface area contributed by atoms with Gasteiger partial charge in [-0.25, -0.2) is 13.1 Å². The zero-order chi connectivity index (χ0) is 28.4. The van der Waals surface area contributed by atoms with Crippen LogP contribution in [0.5, 0.6) is 11.6 Å². The number of furan rings is 1. The third-order valence-electron chi connectivity index (χ3n) is 5.36. The Bertz CT molecular complexity index is 1610. The van der Waals surface area contributed by atoms with E-state index in [1.165, 1.54) is 17.0 Å². The number of nitro benzene ring substituents is 1. The quantitative estimate of drug-likeness (QED) is 0.227. The second-order valence-corrected chi connectivity index (χ2v) is 11.3. The molecule has 0 aliphatic carbocycles. The number of nitrogens with zero attached hydrogens (tertiary/aromatic N) is 3. The van der Waals surface area contributed by atoms with Crippen LogP contribution in [0.15, 0.2) is 76.2 Å². The number of amides is 1. The summed E-state index contributed by atoms with van der Waals surface area (Å²) in [6.07, 6.45) is 1.49. The van der Waals surface area contributed by atoms with E-state index in [-0.39, 0.29) is 23.9 Å². The number of carbonyl (C=O) groups excluding carboxylic acids is 1. The molecule has 0 radical (unpaired) electrons. The van der Waals surface area contributed by atoms with Crippen molar-refractivity contribution in [2.45, 2.75) is 44.7 Å². The van der Waals surface area contributed by atoms with Crippen molar-refractivity contribution >= 4 is 21.6 Å². The van der Waals surface area contributed by atoms with E-state index in [0.717, 1.165) is 12.1 Å². The Morgan fingerprint density at radius 2 is 1.85 bits per heavy atom. The van der Waals surface area contributed by atoms with Crippen LogP contribution in [-0.4, -0.2) is 34.6 Å². The molecule has 2 heterocycles. The highest BCUT2D eigenvalue weighted by Crippen LogP contribution is 2.36. The van der Waals surface area contributed by atoms with Gasteiger partial charge in [-0.2, -0.15) is 9.78 Å². The van der Waals surface area contributed by atoms with Crippen LogP contribution < -0.4 is 14.8 Å². The highest BCUT2D eigenvalue weighted by molar-refractivity contribution is 7.89. The minimum atomic E-state index is -4.26. The third-order valence-corrected chi connectivity index (χ3v) is 7.14. The molecule has 4 rings (SSSR count). The number of hydrogen-bond donors (Lipinski definition) is 2. The molecule has 0 bridgehead atoms. The predicted octanol–water partition coefficient (Wildman–Crippen LogP) is 4.48. The number of nitrogens with one attached hydrogen (secondary N) is 2. The minimum Gasteiger partial charge on any atom is -0.467 e. The summed E-state index contributed by atoms with van der Waals surface area (Å²) in [4.78, 5) is 23.4. The van der Waals surface area contributed by atoms with E-state index in [4.69, 9.17) is 9.15 Å². The van der Waals surface area contributed by atoms with E-state index in [1.54, 1.807) is 70.2 Å². The monoisotopic (exact) mass is 553 g/mol. The van der Waals surface area contributed by atoms with Gasteiger partial charge >= 0.3 is 0 Å². The normalized spacial score (nSPS) is 11.8. The number of ether oxygens (including phenoxy) is 1. The van der Waals surface area contributed by atoms with Gasteiger partial charge < -0.3 is 14.5 Å². The van der Waals surface area contributed by atoms with Gasteiger partial charge in [-0.3, -0.25) is 14.9 Å². The number of sulfonamides is 1. The van der Waals surface area contributed by atoms with E-state index in [1.807, 2.05) is 0 Å². The van der Waals surface area contributed by atoms with Gasteiger partial charge in [0.15, 0.2) is 5.69 Å². The molecule has 0 aliphatic heterocycles. The molecule has 39 heavy (non-hydrogen) atoms. The first-order chi connectivity index (χ1) is 18.4. The maximum atomic E-state index is 13.3. The maximum Gasteiger partial charge on any atom is 0.272 e. The molecule has 12 nitrogen and oxygen atoms in total. The van der Waals surface area contributed by atoms with Crippen molar-refractivity contribution in [1.82, 2.24) is 19.8 Å². The summed E-state index contributed by atoms with van der Waals surface area (Å²) in [6.45, 7) is 6.67. The van der Waals surface area contributed by atoms with Crippen LogP contribution in [0.2, 0.25) is 0 Å². The molecule has 4 aromatic rings. The molecule has 0 atom stereocenters. The highest BCUT2D eigenvalue weighted by atomic mass is 32.2. The molecular formula is C26H27N5O7S. The van der Waals surface area contributed by atoms with Crippen LogP contribution >= 0.6 is 0 Å². The number of benzene rings is 2. The molecule has 2 aromatic heterocycles. The Morgan fingerprint density at radius 3 is 2.46 bits per heavy atom. The number of para-hydroxylation sites is 1. The fourth-order valence-electron chi connectivity index (χ4n) is 3.69. The summed E-state index contributed by atoms with van der Waals surface area (Å²) >= 11 is 0. The molecule has 0 spiro atoms. The summed E-state index contributed by atoms with van der Waals surface area (Å²) in [5, 5.41) is 18.6. The van der Waals surface area contributed by atoms with Crippen molar-refractivity contribution in [3.63, 3.8) is 0 Å². The molecule has 204 valence electrons. The first kappa shape index (κ1) is 27.5. The highest BCUT2D eigenvalue weighted by Gasteiger charge is 2.30. The average molecular weight is 554 g/mol. The lowest BCUT2D eigenvalue weighted by molar-refractivity contribution is -0.385. The lowest BCUT2D eigenvalue weighted by atomic mass is 10.1. The zero-order valence-corrected chi connectivity index (χ0v) is 22.5. The molecule has 0 saturated carbocycles. The fourth-order valence-corrected chi connectivity index (χ4v) is 5.26. The molecule has 0 fully saturated rings. The van der Waals surface area contributed by atoms with Crippen molar-refractivity contribution in [3.8, 4) is 17.3 Å². The molecule has 0 unspecified atom stereocenters.